The minimum absolute atomic E-state index is 0.253. The molecular formula is C28H44F3N3O. The van der Waals surface area contributed by atoms with Crippen LogP contribution in [0.3, 0.4) is 0 Å². The summed E-state index contributed by atoms with van der Waals surface area (Å²) in [5.41, 5.74) is 3.39. The molecule has 1 unspecified atom stereocenters. The number of halogens is 3. The van der Waals surface area contributed by atoms with Crippen molar-refractivity contribution in [2.24, 2.45) is 5.92 Å². The summed E-state index contributed by atoms with van der Waals surface area (Å²) in [5.74, 6) is 1.81. The maximum atomic E-state index is 12.5. The zero-order valence-electron chi connectivity index (χ0n) is 23.2. The molecule has 7 heteroatoms. The maximum Gasteiger partial charge on any atom is 0.573 e. The van der Waals surface area contributed by atoms with E-state index in [1.54, 1.807) is 12.1 Å². The standard InChI is InChI=1S/C24H32F3N3O.2C2H6/c1-7-16(4)10-11-18(8-2)22-28-21(17(5)23(29-22)30(6)9-3)19-12-14-20(15-13-19)31-24(25,26)27;2*1-2/h11-16H,7-10H2,1-6H3;2*1-2H3/b18-11+;;. The Bertz CT molecular complexity index is 894. The summed E-state index contributed by atoms with van der Waals surface area (Å²) in [6.45, 7) is 19.2. The number of anilines is 1. The van der Waals surface area contributed by atoms with Gasteiger partial charge in [-0.3, -0.25) is 0 Å². The Labute approximate surface area is 210 Å². The number of nitrogens with zero attached hydrogens (tertiary/aromatic N) is 3. The number of benzene rings is 1. The zero-order chi connectivity index (χ0) is 27.2. The third-order valence-corrected chi connectivity index (χ3v) is 5.45. The van der Waals surface area contributed by atoms with Crippen LogP contribution in [0.25, 0.3) is 16.8 Å². The molecule has 0 spiro atoms. The number of alkyl halides is 3. The molecule has 0 saturated heterocycles. The fourth-order valence-electron chi connectivity index (χ4n) is 3.17. The smallest absolute Gasteiger partial charge is 0.406 e. The van der Waals surface area contributed by atoms with Gasteiger partial charge >= 0.3 is 6.36 Å². The highest BCUT2D eigenvalue weighted by Gasteiger charge is 2.31. The highest BCUT2D eigenvalue weighted by molar-refractivity contribution is 5.72. The molecule has 1 aromatic carbocycles. The second-order valence-corrected chi connectivity index (χ2v) is 7.76. The number of ether oxygens (including phenoxy) is 1. The van der Waals surface area contributed by atoms with Crippen LogP contribution in [0, 0.1) is 12.8 Å². The van der Waals surface area contributed by atoms with Crippen molar-refractivity contribution in [1.82, 2.24) is 9.97 Å². The van der Waals surface area contributed by atoms with Crippen LogP contribution in [-0.4, -0.2) is 29.9 Å². The lowest BCUT2D eigenvalue weighted by Gasteiger charge is -2.21. The molecule has 0 bridgehead atoms. The zero-order valence-corrected chi connectivity index (χ0v) is 23.2. The lowest BCUT2D eigenvalue weighted by molar-refractivity contribution is -0.274. The molecule has 198 valence electrons. The summed E-state index contributed by atoms with van der Waals surface area (Å²) in [6, 6.07) is 5.83. The summed E-state index contributed by atoms with van der Waals surface area (Å²) >= 11 is 0. The predicted molar refractivity (Wildman–Crippen MR) is 143 cm³/mol. The predicted octanol–water partition coefficient (Wildman–Crippen LogP) is 9.09. The molecule has 0 aliphatic carbocycles. The van der Waals surface area contributed by atoms with Gasteiger partial charge in [0, 0.05) is 24.7 Å². The molecule has 0 fully saturated rings. The Hall–Kier alpha value is -2.57. The van der Waals surface area contributed by atoms with Crippen molar-refractivity contribution < 1.29 is 17.9 Å². The fourth-order valence-corrected chi connectivity index (χ4v) is 3.17. The average molecular weight is 496 g/mol. The summed E-state index contributed by atoms with van der Waals surface area (Å²) in [6.07, 6.45) is 0.344. The first-order chi connectivity index (χ1) is 16.6. The van der Waals surface area contributed by atoms with E-state index in [4.69, 9.17) is 9.97 Å². The van der Waals surface area contributed by atoms with Crippen LogP contribution in [0.1, 0.15) is 86.0 Å². The van der Waals surface area contributed by atoms with E-state index in [9.17, 15) is 13.2 Å². The van der Waals surface area contributed by atoms with Crippen LogP contribution in [0.2, 0.25) is 0 Å². The minimum atomic E-state index is -4.72. The molecule has 1 heterocycles. The molecule has 0 aliphatic heterocycles. The second kappa shape index (κ2) is 16.2. The van der Waals surface area contributed by atoms with Crippen LogP contribution in [0.4, 0.5) is 19.0 Å². The summed E-state index contributed by atoms with van der Waals surface area (Å²) in [7, 11) is 1.97. The Kier molecular flexibility index (Phi) is 15.0. The van der Waals surface area contributed by atoms with Crippen molar-refractivity contribution in [2.75, 3.05) is 18.5 Å². The molecule has 2 rings (SSSR count). The van der Waals surface area contributed by atoms with Gasteiger partial charge in [0.25, 0.3) is 0 Å². The second-order valence-electron chi connectivity index (χ2n) is 7.76. The Balaban J connectivity index is 0.00000274. The summed E-state index contributed by atoms with van der Waals surface area (Å²) in [4.78, 5) is 11.7. The highest BCUT2D eigenvalue weighted by atomic mass is 19.4. The molecule has 1 aromatic heterocycles. The van der Waals surface area contributed by atoms with Gasteiger partial charge in [-0.05, 0) is 62.4 Å². The van der Waals surface area contributed by atoms with Crippen molar-refractivity contribution >= 4 is 11.4 Å². The Morgan fingerprint density at radius 2 is 1.60 bits per heavy atom. The van der Waals surface area contributed by atoms with Crippen LogP contribution in [-0.2, 0) is 0 Å². The van der Waals surface area contributed by atoms with Gasteiger partial charge in [0.15, 0.2) is 5.82 Å². The first-order valence-corrected chi connectivity index (χ1v) is 12.7. The number of allylic oxidation sites excluding steroid dienone is 2. The van der Waals surface area contributed by atoms with Gasteiger partial charge in [0.1, 0.15) is 11.6 Å². The van der Waals surface area contributed by atoms with E-state index in [0.717, 1.165) is 48.3 Å². The van der Waals surface area contributed by atoms with Crippen molar-refractivity contribution in [2.45, 2.75) is 87.9 Å². The van der Waals surface area contributed by atoms with E-state index < -0.39 is 6.36 Å². The first kappa shape index (κ1) is 32.4. The Morgan fingerprint density at radius 3 is 2.06 bits per heavy atom. The molecule has 0 radical (unpaired) electrons. The van der Waals surface area contributed by atoms with E-state index in [0.29, 0.717) is 17.4 Å². The average Bonchev–Trinajstić information content (AvgIpc) is 2.86. The largest absolute Gasteiger partial charge is 0.573 e. The van der Waals surface area contributed by atoms with Crippen molar-refractivity contribution in [3.63, 3.8) is 0 Å². The van der Waals surface area contributed by atoms with Gasteiger partial charge in [-0.25, -0.2) is 9.97 Å². The highest BCUT2D eigenvalue weighted by Crippen LogP contribution is 2.32. The first-order valence-electron chi connectivity index (χ1n) is 12.7. The van der Waals surface area contributed by atoms with Crippen molar-refractivity contribution in [3.8, 4) is 17.0 Å². The lowest BCUT2D eigenvalue weighted by Crippen LogP contribution is -2.20. The van der Waals surface area contributed by atoms with Crippen LogP contribution >= 0.6 is 0 Å². The number of hydrogen-bond donors (Lipinski definition) is 0. The number of hydrogen-bond acceptors (Lipinski definition) is 4. The van der Waals surface area contributed by atoms with Gasteiger partial charge in [-0.2, -0.15) is 0 Å². The van der Waals surface area contributed by atoms with Gasteiger partial charge < -0.3 is 9.64 Å². The van der Waals surface area contributed by atoms with Gasteiger partial charge in [-0.1, -0.05) is 61.0 Å². The minimum Gasteiger partial charge on any atom is -0.406 e. The van der Waals surface area contributed by atoms with Crippen LogP contribution in [0.15, 0.2) is 30.3 Å². The summed E-state index contributed by atoms with van der Waals surface area (Å²) in [5, 5.41) is 0. The molecule has 0 amide bonds. The van der Waals surface area contributed by atoms with Crippen molar-refractivity contribution in [3.05, 3.63) is 41.7 Å². The molecule has 0 saturated carbocycles. The van der Waals surface area contributed by atoms with E-state index in [1.165, 1.54) is 12.1 Å². The van der Waals surface area contributed by atoms with Crippen LogP contribution in [0.5, 0.6) is 5.75 Å². The topological polar surface area (TPSA) is 38.2 Å². The maximum absolute atomic E-state index is 12.5. The number of aromatic nitrogens is 2. The van der Waals surface area contributed by atoms with Gasteiger partial charge in [0.2, 0.25) is 0 Å². The van der Waals surface area contributed by atoms with Crippen molar-refractivity contribution in [1.29, 1.82) is 0 Å². The fraction of sp³-hybridized carbons (Fsp3) is 0.571. The lowest BCUT2D eigenvalue weighted by atomic mass is 10.0. The third-order valence-electron chi connectivity index (χ3n) is 5.45. The molecule has 0 aliphatic rings. The number of rotatable bonds is 9. The molecule has 1 atom stereocenters. The summed E-state index contributed by atoms with van der Waals surface area (Å²) < 4.78 is 41.5. The molecular weight excluding hydrogens is 451 g/mol. The quantitative estimate of drug-likeness (QED) is 0.348. The third kappa shape index (κ3) is 10.3. The van der Waals surface area contributed by atoms with E-state index in [-0.39, 0.29) is 5.75 Å². The molecule has 4 nitrogen and oxygen atoms in total. The van der Waals surface area contributed by atoms with Gasteiger partial charge in [-0.15, -0.1) is 13.2 Å². The molecule has 2 aromatic rings. The monoisotopic (exact) mass is 495 g/mol. The van der Waals surface area contributed by atoms with E-state index in [1.807, 2.05) is 53.5 Å². The van der Waals surface area contributed by atoms with E-state index >= 15 is 0 Å². The Morgan fingerprint density at radius 1 is 1.03 bits per heavy atom. The SMILES string of the molecule is CC.CC.CC/C(=C\CC(C)CC)c1nc(-c2ccc(OC(F)(F)F)cc2)c(C)c(N(C)CC)n1. The van der Waals surface area contributed by atoms with Gasteiger partial charge in [0.05, 0.1) is 5.69 Å². The normalized spacial score (nSPS) is 12.1. The molecule has 35 heavy (non-hydrogen) atoms. The molecule has 0 N–H and O–H groups in total. The van der Waals surface area contributed by atoms with E-state index in [2.05, 4.69) is 31.6 Å². The van der Waals surface area contributed by atoms with Crippen LogP contribution < -0.4 is 9.64 Å².